The first kappa shape index (κ1) is 19.3. The van der Waals surface area contributed by atoms with E-state index in [1.54, 1.807) is 13.2 Å². The molecular formula is C15H20F2IN5. The predicted octanol–water partition coefficient (Wildman–Crippen LogP) is 2.53. The summed E-state index contributed by atoms with van der Waals surface area (Å²) in [4.78, 5) is 4.05. The van der Waals surface area contributed by atoms with Gasteiger partial charge in [-0.05, 0) is 30.7 Å². The predicted molar refractivity (Wildman–Crippen MR) is 96.8 cm³/mol. The zero-order chi connectivity index (χ0) is 15.8. The van der Waals surface area contributed by atoms with Gasteiger partial charge in [0.15, 0.2) is 5.96 Å². The standard InChI is InChI=1S/C15H19F2N5.HI/c1-18-15(19-6-2-8-22-9-3-7-21-22)20-11-12-10-13(16)4-5-14(12)17;/h3-5,7,9-10H,2,6,8,11H2,1H3,(H2,18,19,20);1H. The number of benzene rings is 1. The molecule has 0 atom stereocenters. The first-order chi connectivity index (χ1) is 10.7. The number of aliphatic imine (C=N–C) groups is 1. The molecule has 0 aliphatic rings. The average molecular weight is 435 g/mol. The number of hydrogen-bond donors (Lipinski definition) is 2. The lowest BCUT2D eigenvalue weighted by Gasteiger charge is -2.12. The minimum absolute atomic E-state index is 0. The zero-order valence-electron chi connectivity index (χ0n) is 12.8. The van der Waals surface area contributed by atoms with Gasteiger partial charge in [0, 0.05) is 44.6 Å². The van der Waals surface area contributed by atoms with E-state index < -0.39 is 11.6 Å². The fourth-order valence-electron chi connectivity index (χ4n) is 1.96. The highest BCUT2D eigenvalue weighted by Crippen LogP contribution is 2.08. The van der Waals surface area contributed by atoms with Crippen LogP contribution in [0.1, 0.15) is 12.0 Å². The highest BCUT2D eigenvalue weighted by atomic mass is 127. The van der Waals surface area contributed by atoms with Crippen LogP contribution < -0.4 is 10.6 Å². The van der Waals surface area contributed by atoms with Gasteiger partial charge in [-0.15, -0.1) is 24.0 Å². The zero-order valence-corrected chi connectivity index (χ0v) is 15.1. The molecule has 0 unspecified atom stereocenters. The van der Waals surface area contributed by atoms with Crippen molar-refractivity contribution < 1.29 is 8.78 Å². The minimum Gasteiger partial charge on any atom is -0.356 e. The maximum atomic E-state index is 13.5. The number of halogens is 3. The van der Waals surface area contributed by atoms with Gasteiger partial charge in [-0.1, -0.05) is 0 Å². The summed E-state index contributed by atoms with van der Waals surface area (Å²) < 4.78 is 28.4. The molecule has 1 aromatic heterocycles. The van der Waals surface area contributed by atoms with Gasteiger partial charge >= 0.3 is 0 Å². The molecule has 0 amide bonds. The quantitative estimate of drug-likeness (QED) is 0.318. The van der Waals surface area contributed by atoms with Crippen molar-refractivity contribution in [3.05, 3.63) is 53.9 Å². The first-order valence-electron chi connectivity index (χ1n) is 7.05. The minimum atomic E-state index is -0.458. The molecule has 0 aliphatic heterocycles. The van der Waals surface area contributed by atoms with Crippen LogP contribution in [0, 0.1) is 11.6 Å². The van der Waals surface area contributed by atoms with Gasteiger partial charge < -0.3 is 10.6 Å². The Hall–Kier alpha value is -1.71. The Morgan fingerprint density at radius 1 is 1.30 bits per heavy atom. The Kier molecular flexibility index (Phi) is 8.52. The Balaban J connectivity index is 0.00000264. The van der Waals surface area contributed by atoms with Crippen LogP contribution in [0.4, 0.5) is 8.78 Å². The van der Waals surface area contributed by atoms with Gasteiger partial charge in [0.05, 0.1) is 0 Å². The molecule has 2 aromatic rings. The van der Waals surface area contributed by atoms with Crippen LogP contribution in [-0.2, 0) is 13.1 Å². The van der Waals surface area contributed by atoms with Crippen LogP contribution in [0.2, 0.25) is 0 Å². The van der Waals surface area contributed by atoms with E-state index >= 15 is 0 Å². The normalized spacial score (nSPS) is 11.0. The van der Waals surface area contributed by atoms with Crippen molar-refractivity contribution in [3.63, 3.8) is 0 Å². The van der Waals surface area contributed by atoms with Crippen LogP contribution in [0.3, 0.4) is 0 Å². The molecule has 0 bridgehead atoms. The number of aromatic nitrogens is 2. The monoisotopic (exact) mass is 435 g/mol. The third-order valence-electron chi connectivity index (χ3n) is 3.09. The summed E-state index contributed by atoms with van der Waals surface area (Å²) in [7, 11) is 1.63. The summed E-state index contributed by atoms with van der Waals surface area (Å²) in [6.45, 7) is 1.67. The summed E-state index contributed by atoms with van der Waals surface area (Å²) in [5, 5.41) is 10.2. The van der Waals surface area contributed by atoms with Gasteiger partial charge in [0.2, 0.25) is 0 Å². The van der Waals surface area contributed by atoms with Gasteiger partial charge in [0.25, 0.3) is 0 Å². The van der Waals surface area contributed by atoms with E-state index in [1.807, 2.05) is 16.9 Å². The van der Waals surface area contributed by atoms with E-state index in [2.05, 4.69) is 20.7 Å². The second-order valence-electron chi connectivity index (χ2n) is 4.71. The number of rotatable bonds is 6. The van der Waals surface area contributed by atoms with E-state index in [0.29, 0.717) is 12.5 Å². The number of nitrogens with one attached hydrogen (secondary N) is 2. The molecule has 2 N–H and O–H groups in total. The van der Waals surface area contributed by atoms with E-state index in [1.165, 1.54) is 6.07 Å². The fourth-order valence-corrected chi connectivity index (χ4v) is 1.96. The molecule has 1 heterocycles. The SMILES string of the molecule is CN=C(NCCCn1cccn1)NCc1cc(F)ccc1F.I. The highest BCUT2D eigenvalue weighted by molar-refractivity contribution is 14.0. The van der Waals surface area contributed by atoms with E-state index in [9.17, 15) is 8.78 Å². The lowest BCUT2D eigenvalue weighted by Crippen LogP contribution is -2.37. The topological polar surface area (TPSA) is 54.2 Å². The van der Waals surface area contributed by atoms with E-state index in [-0.39, 0.29) is 36.1 Å². The third kappa shape index (κ3) is 6.51. The second-order valence-corrected chi connectivity index (χ2v) is 4.71. The summed E-state index contributed by atoms with van der Waals surface area (Å²) in [6.07, 6.45) is 4.51. The lowest BCUT2D eigenvalue weighted by molar-refractivity contribution is 0.567. The van der Waals surface area contributed by atoms with Crippen molar-refractivity contribution in [2.45, 2.75) is 19.5 Å². The molecule has 5 nitrogen and oxygen atoms in total. The first-order valence-corrected chi connectivity index (χ1v) is 7.05. The third-order valence-corrected chi connectivity index (χ3v) is 3.09. The summed E-state index contributed by atoms with van der Waals surface area (Å²) in [5.74, 6) is -0.354. The maximum Gasteiger partial charge on any atom is 0.191 e. The van der Waals surface area contributed by atoms with Gasteiger partial charge in [-0.25, -0.2) is 8.78 Å². The van der Waals surface area contributed by atoms with Crippen molar-refractivity contribution >= 4 is 29.9 Å². The second kappa shape index (κ2) is 10.1. The van der Waals surface area contributed by atoms with E-state index in [4.69, 9.17) is 0 Å². The number of nitrogens with zero attached hydrogens (tertiary/aromatic N) is 3. The molecule has 0 aliphatic carbocycles. The van der Waals surface area contributed by atoms with Crippen LogP contribution in [-0.4, -0.2) is 29.3 Å². The largest absolute Gasteiger partial charge is 0.356 e. The van der Waals surface area contributed by atoms with Crippen molar-refractivity contribution in [2.24, 2.45) is 4.99 Å². The van der Waals surface area contributed by atoms with Gasteiger partial charge in [-0.2, -0.15) is 5.10 Å². The van der Waals surface area contributed by atoms with Crippen molar-refractivity contribution in [2.75, 3.05) is 13.6 Å². The number of aryl methyl sites for hydroxylation is 1. The molecule has 23 heavy (non-hydrogen) atoms. The number of hydrogen-bond acceptors (Lipinski definition) is 2. The molecule has 1 aromatic carbocycles. The highest BCUT2D eigenvalue weighted by Gasteiger charge is 2.05. The smallest absolute Gasteiger partial charge is 0.191 e. The molecule has 0 radical (unpaired) electrons. The molecule has 0 saturated carbocycles. The molecule has 0 saturated heterocycles. The van der Waals surface area contributed by atoms with Gasteiger partial charge in [0.1, 0.15) is 11.6 Å². The van der Waals surface area contributed by atoms with E-state index in [0.717, 1.165) is 25.1 Å². The maximum absolute atomic E-state index is 13.5. The average Bonchev–Trinajstić information content (AvgIpc) is 3.03. The Morgan fingerprint density at radius 3 is 2.83 bits per heavy atom. The van der Waals surface area contributed by atoms with Crippen molar-refractivity contribution in [1.82, 2.24) is 20.4 Å². The Morgan fingerprint density at radius 2 is 2.13 bits per heavy atom. The molecule has 2 rings (SSSR count). The molecule has 0 spiro atoms. The van der Waals surface area contributed by atoms with Crippen LogP contribution >= 0.6 is 24.0 Å². The van der Waals surface area contributed by atoms with Crippen LogP contribution in [0.25, 0.3) is 0 Å². The van der Waals surface area contributed by atoms with Crippen LogP contribution in [0.5, 0.6) is 0 Å². The van der Waals surface area contributed by atoms with Crippen molar-refractivity contribution in [1.29, 1.82) is 0 Å². The number of guanidine groups is 1. The Labute approximate surface area is 151 Å². The molecule has 8 heteroatoms. The van der Waals surface area contributed by atoms with Crippen LogP contribution in [0.15, 0.2) is 41.7 Å². The summed E-state index contributed by atoms with van der Waals surface area (Å²) >= 11 is 0. The van der Waals surface area contributed by atoms with Crippen molar-refractivity contribution in [3.8, 4) is 0 Å². The lowest BCUT2D eigenvalue weighted by atomic mass is 10.2. The molecular weight excluding hydrogens is 415 g/mol. The van der Waals surface area contributed by atoms with Gasteiger partial charge in [-0.3, -0.25) is 9.67 Å². The molecule has 126 valence electrons. The molecule has 0 fully saturated rings. The Bertz CT molecular complexity index is 616. The fraction of sp³-hybridized carbons (Fsp3) is 0.333. The summed E-state index contributed by atoms with van der Waals surface area (Å²) in [6, 6.07) is 5.27. The summed E-state index contributed by atoms with van der Waals surface area (Å²) in [5.41, 5.74) is 0.263.